The second kappa shape index (κ2) is 10.9. The zero-order chi connectivity index (χ0) is 23.0. The van der Waals surface area contributed by atoms with Crippen LogP contribution in [0.3, 0.4) is 0 Å². The molecule has 1 amide bonds. The number of rotatable bonds is 8. The van der Waals surface area contributed by atoms with Crippen molar-refractivity contribution in [2.45, 2.75) is 58.8 Å². The van der Waals surface area contributed by atoms with Crippen LogP contribution >= 0.6 is 0 Å². The molecule has 1 aromatic heterocycles. The number of amides is 1. The molecule has 2 aromatic carbocycles. The minimum absolute atomic E-state index is 0.0927. The molecule has 1 fully saturated rings. The molecule has 6 nitrogen and oxygen atoms in total. The summed E-state index contributed by atoms with van der Waals surface area (Å²) in [5.74, 6) is 2.07. The topological polar surface area (TPSA) is 78.9 Å². The molecule has 0 unspecified atom stereocenters. The fourth-order valence-electron chi connectivity index (χ4n) is 4.27. The number of hydrogen-bond acceptors (Lipinski definition) is 5. The molecule has 0 bridgehead atoms. The summed E-state index contributed by atoms with van der Waals surface area (Å²) in [6, 6.07) is 17.8. The molecule has 0 radical (unpaired) electrons. The Balaban J connectivity index is 1.32. The van der Waals surface area contributed by atoms with E-state index in [0.717, 1.165) is 40.9 Å². The molecule has 1 aliphatic rings. The van der Waals surface area contributed by atoms with Crippen LogP contribution in [0.4, 0.5) is 28.8 Å². The number of benzene rings is 2. The van der Waals surface area contributed by atoms with E-state index in [0.29, 0.717) is 12.4 Å². The highest BCUT2D eigenvalue weighted by atomic mass is 16.1. The van der Waals surface area contributed by atoms with E-state index in [2.05, 4.69) is 45.0 Å². The third-order valence-electron chi connectivity index (χ3n) is 6.11. The first kappa shape index (κ1) is 22.8. The molecule has 3 N–H and O–H groups in total. The van der Waals surface area contributed by atoms with E-state index in [4.69, 9.17) is 0 Å². The normalized spacial score (nSPS) is 14.0. The molecule has 0 atom stereocenters. The fraction of sp³-hybridized carbons (Fsp3) is 0.370. The molecule has 1 saturated carbocycles. The van der Waals surface area contributed by atoms with Crippen molar-refractivity contribution in [2.24, 2.45) is 5.92 Å². The maximum absolute atomic E-state index is 12.3. The van der Waals surface area contributed by atoms with Crippen LogP contribution in [0.15, 0.2) is 54.6 Å². The van der Waals surface area contributed by atoms with Crippen LogP contribution in [0.5, 0.6) is 0 Å². The van der Waals surface area contributed by atoms with Gasteiger partial charge >= 0.3 is 0 Å². The number of nitrogens with one attached hydrogen (secondary N) is 3. The smallest absolute Gasteiger partial charge is 0.229 e. The Morgan fingerprint density at radius 1 is 0.848 bits per heavy atom. The van der Waals surface area contributed by atoms with Gasteiger partial charge in [0.15, 0.2) is 0 Å². The average molecular weight is 444 g/mol. The molecule has 1 heterocycles. The third-order valence-corrected chi connectivity index (χ3v) is 6.11. The number of nitrogens with zero attached hydrogens (tertiary/aromatic N) is 2. The van der Waals surface area contributed by atoms with Gasteiger partial charge in [-0.05, 0) is 62.6 Å². The molecule has 172 valence electrons. The summed E-state index contributed by atoms with van der Waals surface area (Å²) in [5.41, 5.74) is 4.73. The first-order valence-corrected chi connectivity index (χ1v) is 11.9. The summed E-state index contributed by atoms with van der Waals surface area (Å²) in [4.78, 5) is 21.4. The second-order valence-electron chi connectivity index (χ2n) is 9.00. The van der Waals surface area contributed by atoms with Gasteiger partial charge in [0.2, 0.25) is 11.9 Å². The molecule has 33 heavy (non-hydrogen) atoms. The van der Waals surface area contributed by atoms with Gasteiger partial charge in [-0.3, -0.25) is 4.79 Å². The third kappa shape index (κ3) is 7.04. The zero-order valence-electron chi connectivity index (χ0n) is 19.5. The van der Waals surface area contributed by atoms with Crippen LogP contribution in [0.1, 0.15) is 56.2 Å². The van der Waals surface area contributed by atoms with Crippen molar-refractivity contribution in [1.82, 2.24) is 9.97 Å². The van der Waals surface area contributed by atoms with E-state index in [-0.39, 0.29) is 5.91 Å². The monoisotopic (exact) mass is 443 g/mol. The Morgan fingerprint density at radius 3 is 2.21 bits per heavy atom. The van der Waals surface area contributed by atoms with Gasteiger partial charge in [-0.15, -0.1) is 0 Å². The van der Waals surface area contributed by atoms with E-state index >= 15 is 0 Å². The van der Waals surface area contributed by atoms with Crippen molar-refractivity contribution < 1.29 is 4.79 Å². The van der Waals surface area contributed by atoms with Gasteiger partial charge in [0.05, 0.1) is 0 Å². The number of carbonyl (C=O) groups excluding carboxylic acids is 1. The van der Waals surface area contributed by atoms with Crippen molar-refractivity contribution in [3.63, 3.8) is 0 Å². The maximum Gasteiger partial charge on any atom is 0.229 e. The lowest BCUT2D eigenvalue weighted by Crippen LogP contribution is -2.14. The van der Waals surface area contributed by atoms with Crippen molar-refractivity contribution in [1.29, 1.82) is 0 Å². The van der Waals surface area contributed by atoms with Gasteiger partial charge in [-0.1, -0.05) is 49.8 Å². The number of hydrogen-bond donors (Lipinski definition) is 3. The van der Waals surface area contributed by atoms with Crippen LogP contribution in [0, 0.1) is 19.8 Å². The molecule has 3 aromatic rings. The lowest BCUT2D eigenvalue weighted by Gasteiger charge is -2.21. The minimum Gasteiger partial charge on any atom is -0.340 e. The van der Waals surface area contributed by atoms with Crippen molar-refractivity contribution in [2.75, 3.05) is 16.0 Å². The maximum atomic E-state index is 12.3. The fourth-order valence-corrected chi connectivity index (χ4v) is 4.27. The molecule has 4 rings (SSSR count). The number of aromatic nitrogens is 2. The highest BCUT2D eigenvalue weighted by molar-refractivity contribution is 5.90. The largest absolute Gasteiger partial charge is 0.340 e. The van der Waals surface area contributed by atoms with Gasteiger partial charge in [0.25, 0.3) is 0 Å². The highest BCUT2D eigenvalue weighted by Crippen LogP contribution is 2.27. The van der Waals surface area contributed by atoms with Gasteiger partial charge in [-0.25, -0.2) is 4.98 Å². The van der Waals surface area contributed by atoms with Crippen LogP contribution in [0.2, 0.25) is 0 Å². The predicted molar refractivity (Wildman–Crippen MR) is 135 cm³/mol. The van der Waals surface area contributed by atoms with Crippen LogP contribution < -0.4 is 16.0 Å². The summed E-state index contributed by atoms with van der Waals surface area (Å²) in [5, 5.41) is 9.59. The number of aryl methyl sites for hydroxylation is 2. The van der Waals surface area contributed by atoms with E-state index in [1.54, 1.807) is 0 Å². The summed E-state index contributed by atoms with van der Waals surface area (Å²) < 4.78 is 0. The highest BCUT2D eigenvalue weighted by Gasteiger charge is 2.15. The van der Waals surface area contributed by atoms with Crippen molar-refractivity contribution in [3.8, 4) is 0 Å². The van der Waals surface area contributed by atoms with Crippen LogP contribution in [0.25, 0.3) is 0 Å². The Kier molecular flexibility index (Phi) is 7.55. The second-order valence-corrected chi connectivity index (χ2v) is 9.00. The van der Waals surface area contributed by atoms with Gasteiger partial charge in [0, 0.05) is 35.2 Å². The molecular weight excluding hydrogens is 410 g/mol. The van der Waals surface area contributed by atoms with E-state index < -0.39 is 0 Å². The van der Waals surface area contributed by atoms with Crippen LogP contribution in [-0.4, -0.2) is 15.9 Å². The van der Waals surface area contributed by atoms with E-state index in [1.807, 2.05) is 49.4 Å². The summed E-state index contributed by atoms with van der Waals surface area (Å²) in [6.45, 7) is 4.01. The first-order chi connectivity index (χ1) is 16.0. The summed E-state index contributed by atoms with van der Waals surface area (Å²) >= 11 is 0. The van der Waals surface area contributed by atoms with Gasteiger partial charge < -0.3 is 16.0 Å². The summed E-state index contributed by atoms with van der Waals surface area (Å²) in [7, 11) is 0. The van der Waals surface area contributed by atoms with Crippen molar-refractivity contribution >= 4 is 34.7 Å². The Hall–Kier alpha value is -3.41. The predicted octanol–water partition coefficient (Wildman–Crippen LogP) is 6.88. The standard InChI is InChI=1S/C27H33N5O/c1-19-8-11-22(12-9-19)29-25-18-20(2)28-27(32-25)31-24-15-13-23(14-16-24)30-26(33)17-10-21-6-4-3-5-7-21/h8-9,11-16,18,21H,3-7,10,17H2,1-2H3,(H,30,33)(H2,28,29,31,32). The molecule has 0 saturated heterocycles. The lowest BCUT2D eigenvalue weighted by atomic mass is 9.86. The van der Waals surface area contributed by atoms with Crippen LogP contribution in [-0.2, 0) is 4.79 Å². The lowest BCUT2D eigenvalue weighted by molar-refractivity contribution is -0.116. The van der Waals surface area contributed by atoms with Crippen molar-refractivity contribution in [3.05, 3.63) is 65.9 Å². The molecule has 0 spiro atoms. The Morgan fingerprint density at radius 2 is 1.48 bits per heavy atom. The summed E-state index contributed by atoms with van der Waals surface area (Å²) in [6.07, 6.45) is 8.12. The minimum atomic E-state index is 0.0927. The molecular formula is C27H33N5O. The Bertz CT molecular complexity index is 1060. The number of anilines is 5. The molecule has 0 aliphatic heterocycles. The van der Waals surface area contributed by atoms with E-state index in [1.165, 1.54) is 37.7 Å². The Labute approximate surface area is 196 Å². The van der Waals surface area contributed by atoms with Gasteiger partial charge in [0.1, 0.15) is 5.82 Å². The molecule has 6 heteroatoms. The zero-order valence-corrected chi connectivity index (χ0v) is 19.5. The van der Waals surface area contributed by atoms with Gasteiger partial charge in [-0.2, -0.15) is 4.98 Å². The SMILES string of the molecule is Cc1ccc(Nc2cc(C)nc(Nc3ccc(NC(=O)CCC4CCCCC4)cc3)n2)cc1. The molecule has 1 aliphatic carbocycles. The first-order valence-electron chi connectivity index (χ1n) is 11.9. The van der Waals surface area contributed by atoms with E-state index in [9.17, 15) is 4.79 Å². The average Bonchev–Trinajstić information content (AvgIpc) is 2.81. The number of carbonyl (C=O) groups is 1. The quantitative estimate of drug-likeness (QED) is 0.354.